The maximum absolute atomic E-state index is 14.5. The van der Waals surface area contributed by atoms with Crippen molar-refractivity contribution in [1.82, 2.24) is 4.98 Å². The first-order chi connectivity index (χ1) is 18.5. The van der Waals surface area contributed by atoms with E-state index in [4.69, 9.17) is 0 Å². The molecule has 39 heavy (non-hydrogen) atoms. The number of aromatic nitrogens is 1. The summed E-state index contributed by atoms with van der Waals surface area (Å²) in [5.74, 6) is 0. The Kier molecular flexibility index (Phi) is 7.14. The monoisotopic (exact) mass is 599 g/mol. The van der Waals surface area contributed by atoms with Crippen molar-refractivity contribution in [3.05, 3.63) is 142 Å². The zero-order chi connectivity index (χ0) is 27.8. The van der Waals surface area contributed by atoms with Crippen molar-refractivity contribution in [3.63, 3.8) is 0 Å². The smallest absolute Gasteiger partial charge is 0.207 e. The van der Waals surface area contributed by atoms with Crippen LogP contribution in [0.4, 0.5) is 0 Å². The largest absolute Gasteiger partial charge is 0.375 e. The minimum Gasteiger partial charge on any atom is -0.375 e. The van der Waals surface area contributed by atoms with Crippen LogP contribution >= 0.6 is 15.9 Å². The molecule has 5 aromatic rings. The fourth-order valence-corrected chi connectivity index (χ4v) is 7.26. The molecule has 0 aliphatic rings. The van der Waals surface area contributed by atoms with Crippen LogP contribution in [0.2, 0.25) is 0 Å². The van der Waals surface area contributed by atoms with E-state index in [-0.39, 0.29) is 9.80 Å². The molecule has 1 aromatic heterocycles. The molecule has 0 saturated heterocycles. The summed E-state index contributed by atoms with van der Waals surface area (Å²) >= 11 is 3.43. The van der Waals surface area contributed by atoms with E-state index in [0.29, 0.717) is 32.2 Å². The van der Waals surface area contributed by atoms with E-state index in [1.807, 2.05) is 106 Å². The Morgan fingerprint density at radius 3 is 1.92 bits per heavy atom. The summed E-state index contributed by atoms with van der Waals surface area (Å²) < 4.78 is 29.6. The summed E-state index contributed by atoms with van der Waals surface area (Å²) in [6.07, 6.45) is 1.79. The van der Waals surface area contributed by atoms with E-state index in [2.05, 4.69) is 20.9 Å². The molecule has 4 nitrogen and oxygen atoms in total. The van der Waals surface area contributed by atoms with Crippen molar-refractivity contribution in [1.29, 1.82) is 0 Å². The third kappa shape index (κ3) is 5.12. The van der Waals surface area contributed by atoms with E-state index in [9.17, 15) is 13.5 Å². The number of hydrogen-bond acceptors (Lipinski definition) is 3. The van der Waals surface area contributed by atoms with Gasteiger partial charge in [-0.1, -0.05) is 128 Å². The van der Waals surface area contributed by atoms with E-state index in [1.54, 1.807) is 30.3 Å². The van der Waals surface area contributed by atoms with Crippen LogP contribution < -0.4 is 0 Å². The number of fused-ring (bicyclic) bond motifs is 1. The summed E-state index contributed by atoms with van der Waals surface area (Å²) in [6, 6.07) is 33.0. The van der Waals surface area contributed by atoms with Crippen LogP contribution in [-0.2, 0) is 15.4 Å². The molecular formula is C33H30BrNO3S. The van der Waals surface area contributed by atoms with Crippen molar-refractivity contribution in [2.24, 2.45) is 5.41 Å². The van der Waals surface area contributed by atoms with Gasteiger partial charge in [0.15, 0.2) is 5.60 Å². The molecule has 0 aliphatic heterocycles. The first-order valence-corrected chi connectivity index (χ1v) is 15.0. The number of aliphatic hydroxyl groups is 1. The van der Waals surface area contributed by atoms with Gasteiger partial charge in [-0.05, 0) is 40.8 Å². The van der Waals surface area contributed by atoms with Crippen LogP contribution in [0.15, 0.2) is 125 Å². The third-order valence-electron chi connectivity index (χ3n) is 6.66. The molecule has 4 aromatic carbocycles. The first kappa shape index (κ1) is 27.1. The Labute approximate surface area is 238 Å². The Morgan fingerprint density at radius 2 is 1.36 bits per heavy atom. The van der Waals surface area contributed by atoms with Crippen LogP contribution in [-0.4, -0.2) is 18.5 Å². The van der Waals surface area contributed by atoms with Crippen LogP contribution in [0.25, 0.3) is 15.8 Å². The molecule has 0 saturated carbocycles. The number of H-pyrrole nitrogens is 1. The molecule has 0 bridgehead atoms. The van der Waals surface area contributed by atoms with E-state index < -0.39 is 20.9 Å². The van der Waals surface area contributed by atoms with Gasteiger partial charge in [0.05, 0.1) is 15.5 Å². The van der Waals surface area contributed by atoms with Crippen LogP contribution in [0, 0.1) is 5.41 Å². The Balaban J connectivity index is 1.93. The van der Waals surface area contributed by atoms with Gasteiger partial charge in [-0.3, -0.25) is 0 Å². The highest BCUT2D eigenvalue weighted by molar-refractivity contribution is 9.10. The maximum Gasteiger partial charge on any atom is 0.207 e. The van der Waals surface area contributed by atoms with Gasteiger partial charge in [-0.15, -0.1) is 0 Å². The van der Waals surface area contributed by atoms with Gasteiger partial charge < -0.3 is 10.1 Å². The van der Waals surface area contributed by atoms with Crippen LogP contribution in [0.3, 0.4) is 0 Å². The molecule has 0 radical (unpaired) electrons. The summed E-state index contributed by atoms with van der Waals surface area (Å²) in [4.78, 5) is 3.76. The second-order valence-electron chi connectivity index (χ2n) is 10.7. The average molecular weight is 601 g/mol. The van der Waals surface area contributed by atoms with Crippen molar-refractivity contribution >= 4 is 41.6 Å². The molecule has 6 heteroatoms. The summed E-state index contributed by atoms with van der Waals surface area (Å²) in [5, 5.41) is 13.5. The van der Waals surface area contributed by atoms with Crippen molar-refractivity contribution in [2.45, 2.75) is 31.3 Å². The lowest BCUT2D eigenvalue weighted by atomic mass is 9.81. The highest BCUT2D eigenvalue weighted by Crippen LogP contribution is 2.46. The number of aromatic amines is 1. The molecule has 0 atom stereocenters. The van der Waals surface area contributed by atoms with Crippen LogP contribution in [0.1, 0.15) is 43.2 Å². The number of sulfone groups is 1. The molecule has 2 N–H and O–H groups in total. The summed E-state index contributed by atoms with van der Waals surface area (Å²) in [7, 11) is -4.02. The lowest BCUT2D eigenvalue weighted by Gasteiger charge is -2.31. The molecule has 0 unspecified atom stereocenters. The van der Waals surface area contributed by atoms with Gasteiger partial charge in [0.2, 0.25) is 9.84 Å². The SMILES string of the molecule is CC(C)(C)/C=C(\c1c(C(O)(c2ccccc2)c2ccccc2)[nH]c2ccccc12)S(=O)(=O)c1cccc(Br)c1. The van der Waals surface area contributed by atoms with Crippen molar-refractivity contribution in [3.8, 4) is 0 Å². The number of nitrogens with one attached hydrogen (secondary N) is 1. The second kappa shape index (κ2) is 10.3. The second-order valence-corrected chi connectivity index (χ2v) is 13.5. The van der Waals surface area contributed by atoms with E-state index in [0.717, 1.165) is 5.52 Å². The lowest BCUT2D eigenvalue weighted by Crippen LogP contribution is -2.31. The van der Waals surface area contributed by atoms with Gasteiger partial charge in [0.1, 0.15) is 0 Å². The molecule has 198 valence electrons. The Morgan fingerprint density at radius 1 is 0.795 bits per heavy atom. The highest BCUT2D eigenvalue weighted by Gasteiger charge is 2.41. The molecule has 1 heterocycles. The number of para-hydroxylation sites is 1. The lowest BCUT2D eigenvalue weighted by molar-refractivity contribution is 0.121. The van der Waals surface area contributed by atoms with Gasteiger partial charge in [-0.25, -0.2) is 8.42 Å². The number of rotatable bonds is 6. The third-order valence-corrected chi connectivity index (χ3v) is 8.93. The van der Waals surface area contributed by atoms with Crippen molar-refractivity contribution in [2.75, 3.05) is 0 Å². The Hall–Kier alpha value is -3.45. The molecule has 5 rings (SSSR count). The number of hydrogen-bond donors (Lipinski definition) is 2. The average Bonchev–Trinajstić information content (AvgIpc) is 3.31. The molecule has 0 aliphatic carbocycles. The van der Waals surface area contributed by atoms with Gasteiger partial charge in [0.25, 0.3) is 0 Å². The predicted molar refractivity (Wildman–Crippen MR) is 162 cm³/mol. The fourth-order valence-electron chi connectivity index (χ4n) is 4.92. The number of allylic oxidation sites excluding steroid dienone is 1. The fraction of sp³-hybridized carbons (Fsp3) is 0.152. The van der Waals surface area contributed by atoms with Gasteiger partial charge >= 0.3 is 0 Å². The Bertz CT molecular complexity index is 1730. The quantitative estimate of drug-likeness (QED) is 0.207. The highest BCUT2D eigenvalue weighted by atomic mass is 79.9. The minimum absolute atomic E-state index is 0.144. The normalized spacial score (nSPS) is 13.1. The van der Waals surface area contributed by atoms with Gasteiger partial charge in [0, 0.05) is 20.9 Å². The first-order valence-electron chi connectivity index (χ1n) is 12.7. The standard InChI is InChI=1S/C33H30BrNO3S/c1-32(2,3)22-29(39(37,38)26-18-12-17-25(34)21-26)30-27-19-10-11-20-28(27)35-31(30)33(36,23-13-6-4-7-14-23)24-15-8-5-9-16-24/h4-22,35-36H,1-3H3/b29-22+. The zero-order valence-corrected chi connectivity index (χ0v) is 24.4. The summed E-state index contributed by atoms with van der Waals surface area (Å²) in [6.45, 7) is 5.91. The predicted octanol–water partition coefficient (Wildman–Crippen LogP) is 8.08. The topological polar surface area (TPSA) is 70.2 Å². The number of halogens is 1. The van der Waals surface area contributed by atoms with E-state index in [1.165, 1.54) is 0 Å². The van der Waals surface area contributed by atoms with Crippen LogP contribution in [0.5, 0.6) is 0 Å². The number of benzene rings is 4. The molecule has 0 fully saturated rings. The molecule has 0 spiro atoms. The summed E-state index contributed by atoms with van der Waals surface area (Å²) in [5.41, 5.74) is 0.684. The zero-order valence-electron chi connectivity index (χ0n) is 22.0. The molecular weight excluding hydrogens is 570 g/mol. The van der Waals surface area contributed by atoms with Crippen molar-refractivity contribution < 1.29 is 13.5 Å². The minimum atomic E-state index is -4.02. The van der Waals surface area contributed by atoms with E-state index >= 15 is 0 Å². The maximum atomic E-state index is 14.5. The molecule has 0 amide bonds. The van der Waals surface area contributed by atoms with Gasteiger partial charge in [-0.2, -0.15) is 0 Å².